The molecule has 0 amide bonds. The molecule has 0 fully saturated rings. The summed E-state index contributed by atoms with van der Waals surface area (Å²) in [4.78, 5) is 15.1. The second-order valence-corrected chi connectivity index (χ2v) is 13.8. The lowest BCUT2D eigenvalue weighted by molar-refractivity contribution is 1.07. The predicted octanol–water partition coefficient (Wildman–Crippen LogP) is 13.9. The molecule has 0 saturated heterocycles. The van der Waals surface area contributed by atoms with Crippen LogP contribution in [0.1, 0.15) is 5.56 Å². The molecule has 8 aromatic carbocycles. The Morgan fingerprint density at radius 2 is 0.429 bits per heavy atom. The molecule has 0 radical (unpaired) electrons. The summed E-state index contributed by atoms with van der Waals surface area (Å²) >= 11 is 0. The van der Waals surface area contributed by atoms with E-state index in [1.807, 2.05) is 18.2 Å². The molecule has 264 valence electrons. The Bertz CT molecular complexity index is 2580. The Kier molecular flexibility index (Phi) is 9.47. The number of benzene rings is 8. The first-order chi connectivity index (χ1) is 27.7. The van der Waals surface area contributed by atoms with Crippen LogP contribution in [0.25, 0.3) is 95.9 Å². The van der Waals surface area contributed by atoms with E-state index in [1.54, 1.807) is 0 Å². The van der Waals surface area contributed by atoms with Crippen molar-refractivity contribution >= 4 is 6.08 Å². The molecule has 0 atom stereocenters. The molecule has 0 unspecified atom stereocenters. The van der Waals surface area contributed by atoms with Gasteiger partial charge in [0.1, 0.15) is 0 Å². The lowest BCUT2D eigenvalue weighted by Crippen LogP contribution is -2.00. The van der Waals surface area contributed by atoms with E-state index in [9.17, 15) is 0 Å². The maximum Gasteiger partial charge on any atom is 0.164 e. The third kappa shape index (κ3) is 7.35. The minimum atomic E-state index is 0.625. The molecule has 1 heterocycles. The standard InChI is InChI=1S/C53H37N3/c1-2-37-13-15-40(16-14-37)45-25-31-48(32-26-45)51-54-52(49-33-27-46(28-34-49)43-21-17-41(18-22-43)38-9-5-3-6-10-38)56-53(55-51)50-35-29-47(30-36-50)44-23-19-42(20-24-44)39-11-7-4-8-12-39/h2-36H,1H2. The van der Waals surface area contributed by atoms with Gasteiger partial charge in [0, 0.05) is 16.7 Å². The van der Waals surface area contributed by atoms with E-state index in [1.165, 1.54) is 22.3 Å². The first-order valence-electron chi connectivity index (χ1n) is 18.8. The largest absolute Gasteiger partial charge is 0.208 e. The van der Waals surface area contributed by atoms with Crippen molar-refractivity contribution in [3.05, 3.63) is 218 Å². The zero-order chi connectivity index (χ0) is 37.7. The highest BCUT2D eigenvalue weighted by Gasteiger charge is 2.14. The van der Waals surface area contributed by atoms with Gasteiger partial charge in [0.2, 0.25) is 0 Å². The lowest BCUT2D eigenvalue weighted by atomic mass is 9.99. The van der Waals surface area contributed by atoms with Gasteiger partial charge in [-0.2, -0.15) is 0 Å². The summed E-state index contributed by atoms with van der Waals surface area (Å²) in [6.45, 7) is 3.88. The van der Waals surface area contributed by atoms with Crippen LogP contribution < -0.4 is 0 Å². The Morgan fingerprint density at radius 3 is 0.661 bits per heavy atom. The summed E-state index contributed by atoms with van der Waals surface area (Å²) in [7, 11) is 0. The van der Waals surface area contributed by atoms with Gasteiger partial charge in [-0.25, -0.2) is 15.0 Å². The number of nitrogens with zero attached hydrogens (tertiary/aromatic N) is 3. The quantitative estimate of drug-likeness (QED) is 0.149. The van der Waals surface area contributed by atoms with Gasteiger partial charge in [0.25, 0.3) is 0 Å². The number of rotatable bonds is 9. The van der Waals surface area contributed by atoms with Crippen molar-refractivity contribution < 1.29 is 0 Å². The fraction of sp³-hybridized carbons (Fsp3) is 0. The molecule has 9 aromatic rings. The normalized spacial score (nSPS) is 10.9. The predicted molar refractivity (Wildman–Crippen MR) is 233 cm³/mol. The van der Waals surface area contributed by atoms with Crippen LogP contribution in [-0.2, 0) is 0 Å². The van der Waals surface area contributed by atoms with Gasteiger partial charge in [-0.05, 0) is 61.2 Å². The van der Waals surface area contributed by atoms with E-state index in [0.717, 1.165) is 55.6 Å². The molecule has 1 aromatic heterocycles. The fourth-order valence-electron chi connectivity index (χ4n) is 6.98. The molecule has 56 heavy (non-hydrogen) atoms. The third-order valence-electron chi connectivity index (χ3n) is 10.2. The molecule has 0 bridgehead atoms. The fourth-order valence-corrected chi connectivity index (χ4v) is 6.98. The third-order valence-corrected chi connectivity index (χ3v) is 10.2. The van der Waals surface area contributed by atoms with E-state index in [2.05, 4.69) is 201 Å². The van der Waals surface area contributed by atoms with Crippen molar-refractivity contribution in [3.63, 3.8) is 0 Å². The van der Waals surface area contributed by atoms with Crippen molar-refractivity contribution in [2.45, 2.75) is 0 Å². The van der Waals surface area contributed by atoms with Crippen molar-refractivity contribution in [1.29, 1.82) is 0 Å². The lowest BCUT2D eigenvalue weighted by Gasteiger charge is -2.11. The highest BCUT2D eigenvalue weighted by molar-refractivity contribution is 5.76. The van der Waals surface area contributed by atoms with Crippen LogP contribution in [0.4, 0.5) is 0 Å². The molecular weight excluding hydrogens is 679 g/mol. The van der Waals surface area contributed by atoms with E-state index < -0.39 is 0 Å². The van der Waals surface area contributed by atoms with Crippen LogP contribution in [0, 0.1) is 0 Å². The van der Waals surface area contributed by atoms with Crippen LogP contribution in [0.15, 0.2) is 213 Å². The average molecular weight is 716 g/mol. The monoisotopic (exact) mass is 715 g/mol. The molecule has 0 spiro atoms. The van der Waals surface area contributed by atoms with Gasteiger partial charge < -0.3 is 0 Å². The zero-order valence-electron chi connectivity index (χ0n) is 30.8. The Hall–Kier alpha value is -7.49. The van der Waals surface area contributed by atoms with Crippen molar-refractivity contribution in [1.82, 2.24) is 15.0 Å². The zero-order valence-corrected chi connectivity index (χ0v) is 30.8. The van der Waals surface area contributed by atoms with E-state index in [4.69, 9.17) is 15.0 Å². The highest BCUT2D eigenvalue weighted by atomic mass is 15.0. The molecule has 0 aliphatic heterocycles. The SMILES string of the molecule is C=Cc1ccc(-c2ccc(-c3nc(-c4ccc(-c5ccc(-c6ccccc6)cc5)cc4)nc(-c4ccc(-c5ccc(-c6ccccc6)cc5)cc4)n3)cc2)cc1. The summed E-state index contributed by atoms with van der Waals surface area (Å²) in [5, 5.41) is 0. The first-order valence-corrected chi connectivity index (χ1v) is 18.8. The minimum Gasteiger partial charge on any atom is -0.208 e. The maximum absolute atomic E-state index is 5.05. The molecule has 9 rings (SSSR count). The van der Waals surface area contributed by atoms with Crippen molar-refractivity contribution in [2.24, 2.45) is 0 Å². The molecular formula is C53H37N3. The van der Waals surface area contributed by atoms with Crippen molar-refractivity contribution in [2.75, 3.05) is 0 Å². The van der Waals surface area contributed by atoms with Gasteiger partial charge >= 0.3 is 0 Å². The molecule has 0 saturated carbocycles. The van der Waals surface area contributed by atoms with Crippen LogP contribution in [0.2, 0.25) is 0 Å². The van der Waals surface area contributed by atoms with Crippen LogP contribution in [-0.4, -0.2) is 15.0 Å². The second kappa shape index (κ2) is 15.5. The van der Waals surface area contributed by atoms with Gasteiger partial charge in [0.15, 0.2) is 17.5 Å². The highest BCUT2D eigenvalue weighted by Crippen LogP contribution is 2.31. The van der Waals surface area contributed by atoms with Gasteiger partial charge in [-0.3, -0.25) is 0 Å². The van der Waals surface area contributed by atoms with E-state index >= 15 is 0 Å². The number of hydrogen-bond donors (Lipinski definition) is 0. The second-order valence-electron chi connectivity index (χ2n) is 13.8. The summed E-state index contributed by atoms with van der Waals surface area (Å²) in [5.74, 6) is 1.88. The van der Waals surface area contributed by atoms with Gasteiger partial charge in [-0.1, -0.05) is 219 Å². The average Bonchev–Trinajstić information content (AvgIpc) is 3.30. The van der Waals surface area contributed by atoms with E-state index in [-0.39, 0.29) is 0 Å². The molecule has 3 heteroatoms. The van der Waals surface area contributed by atoms with Crippen LogP contribution >= 0.6 is 0 Å². The molecule has 3 nitrogen and oxygen atoms in total. The minimum absolute atomic E-state index is 0.625. The Balaban J connectivity index is 1.04. The summed E-state index contributed by atoms with van der Waals surface area (Å²) in [6, 6.07) is 72.1. The maximum atomic E-state index is 5.05. The van der Waals surface area contributed by atoms with Crippen LogP contribution in [0.5, 0.6) is 0 Å². The van der Waals surface area contributed by atoms with Crippen LogP contribution in [0.3, 0.4) is 0 Å². The smallest absolute Gasteiger partial charge is 0.164 e. The summed E-state index contributed by atoms with van der Waals surface area (Å²) in [6.07, 6.45) is 1.86. The van der Waals surface area contributed by atoms with Gasteiger partial charge in [-0.15, -0.1) is 0 Å². The molecule has 0 aliphatic carbocycles. The van der Waals surface area contributed by atoms with E-state index in [0.29, 0.717) is 17.5 Å². The number of hydrogen-bond acceptors (Lipinski definition) is 3. The Morgan fingerprint density at radius 1 is 0.232 bits per heavy atom. The molecule has 0 aliphatic rings. The summed E-state index contributed by atoms with van der Waals surface area (Å²) in [5.41, 5.74) is 15.5. The molecule has 0 N–H and O–H groups in total. The van der Waals surface area contributed by atoms with Crippen molar-refractivity contribution in [3.8, 4) is 89.8 Å². The topological polar surface area (TPSA) is 38.7 Å². The Labute approximate surface area is 328 Å². The summed E-state index contributed by atoms with van der Waals surface area (Å²) < 4.78 is 0. The van der Waals surface area contributed by atoms with Gasteiger partial charge in [0.05, 0.1) is 0 Å². The number of aromatic nitrogens is 3. The first kappa shape index (κ1) is 34.3.